The average Bonchev–Trinajstić information content (AvgIpc) is 2.83. The third-order valence-corrected chi connectivity index (χ3v) is 4.06. The molecule has 0 aromatic heterocycles. The number of carbonyl (C=O) groups is 1. The number of amides is 1. The lowest BCUT2D eigenvalue weighted by Gasteiger charge is -2.17. The Labute approximate surface area is 115 Å². The fraction of sp³-hybridized carbons (Fsp3) is 0.562. The second-order valence-electron chi connectivity index (χ2n) is 5.60. The maximum Gasteiger partial charge on any atom is 0.224 e. The number of hydrogen-bond acceptors (Lipinski definition) is 2. The molecule has 1 aliphatic rings. The molecule has 0 saturated heterocycles. The van der Waals surface area contributed by atoms with Crippen molar-refractivity contribution in [3.05, 3.63) is 35.4 Å². The van der Waals surface area contributed by atoms with Crippen molar-refractivity contribution in [2.75, 3.05) is 13.2 Å². The lowest BCUT2D eigenvalue weighted by molar-refractivity contribution is -0.120. The largest absolute Gasteiger partial charge is 0.396 e. The van der Waals surface area contributed by atoms with E-state index < -0.39 is 0 Å². The van der Waals surface area contributed by atoms with Crippen LogP contribution in [0.1, 0.15) is 30.4 Å². The molecule has 0 heterocycles. The highest BCUT2D eigenvalue weighted by molar-refractivity contribution is 5.78. The van der Waals surface area contributed by atoms with E-state index in [4.69, 9.17) is 0 Å². The van der Waals surface area contributed by atoms with Crippen LogP contribution in [0.2, 0.25) is 0 Å². The quantitative estimate of drug-likeness (QED) is 0.852. The van der Waals surface area contributed by atoms with Gasteiger partial charge in [0.25, 0.3) is 0 Å². The van der Waals surface area contributed by atoms with Gasteiger partial charge in [0.15, 0.2) is 0 Å². The van der Waals surface area contributed by atoms with Crippen LogP contribution in [0.4, 0.5) is 0 Å². The first-order valence-corrected chi connectivity index (χ1v) is 7.12. The van der Waals surface area contributed by atoms with Crippen molar-refractivity contribution in [1.82, 2.24) is 5.32 Å². The van der Waals surface area contributed by atoms with Gasteiger partial charge in [0.2, 0.25) is 5.91 Å². The summed E-state index contributed by atoms with van der Waals surface area (Å²) in [6, 6.07) is 8.05. The summed E-state index contributed by atoms with van der Waals surface area (Å²) in [6.45, 7) is 2.99. The summed E-state index contributed by atoms with van der Waals surface area (Å²) in [4.78, 5) is 11.9. The van der Waals surface area contributed by atoms with Crippen LogP contribution in [-0.2, 0) is 11.2 Å². The van der Waals surface area contributed by atoms with E-state index in [0.717, 1.165) is 18.4 Å². The predicted octanol–water partition coefficient (Wildman–Crippen LogP) is 2.06. The Balaban J connectivity index is 1.78. The molecular weight excluding hydrogens is 238 g/mol. The van der Waals surface area contributed by atoms with E-state index >= 15 is 0 Å². The zero-order valence-corrected chi connectivity index (χ0v) is 11.6. The Kier molecular flexibility index (Phi) is 4.97. The number of aryl methyl sites for hydroxylation is 1. The topological polar surface area (TPSA) is 49.3 Å². The van der Waals surface area contributed by atoms with Crippen molar-refractivity contribution in [2.45, 2.75) is 32.6 Å². The third-order valence-electron chi connectivity index (χ3n) is 4.06. The van der Waals surface area contributed by atoms with Crippen LogP contribution in [0.15, 0.2) is 24.3 Å². The number of hydrogen-bond donors (Lipinski definition) is 2. The van der Waals surface area contributed by atoms with E-state index in [9.17, 15) is 9.90 Å². The van der Waals surface area contributed by atoms with Crippen LogP contribution in [0.3, 0.4) is 0 Å². The predicted molar refractivity (Wildman–Crippen MR) is 75.8 cm³/mol. The standard InChI is InChI=1S/C16H23NO2/c1-12-4-2-5-13(8-12)9-16(19)17-10-14-6-3-7-15(14)11-18/h2,4-5,8,14-15,18H,3,6-7,9-11H2,1H3,(H,17,19). The molecule has 1 fully saturated rings. The summed E-state index contributed by atoms with van der Waals surface area (Å²) < 4.78 is 0. The van der Waals surface area contributed by atoms with Crippen molar-refractivity contribution in [3.63, 3.8) is 0 Å². The highest BCUT2D eigenvalue weighted by Gasteiger charge is 2.26. The van der Waals surface area contributed by atoms with E-state index in [1.807, 2.05) is 31.2 Å². The second kappa shape index (κ2) is 6.71. The van der Waals surface area contributed by atoms with E-state index in [1.54, 1.807) is 0 Å². The van der Waals surface area contributed by atoms with Crippen LogP contribution >= 0.6 is 0 Å². The van der Waals surface area contributed by atoms with E-state index in [-0.39, 0.29) is 12.5 Å². The summed E-state index contributed by atoms with van der Waals surface area (Å²) in [5, 5.41) is 12.3. The second-order valence-corrected chi connectivity index (χ2v) is 5.60. The highest BCUT2D eigenvalue weighted by Crippen LogP contribution is 2.30. The molecule has 0 spiro atoms. The number of carbonyl (C=O) groups excluding carboxylic acids is 1. The van der Waals surface area contributed by atoms with Crippen LogP contribution < -0.4 is 5.32 Å². The van der Waals surface area contributed by atoms with Gasteiger partial charge in [-0.3, -0.25) is 4.79 Å². The van der Waals surface area contributed by atoms with Crippen molar-refractivity contribution in [3.8, 4) is 0 Å². The molecule has 2 rings (SSSR count). The highest BCUT2D eigenvalue weighted by atomic mass is 16.3. The maximum atomic E-state index is 11.9. The monoisotopic (exact) mass is 261 g/mol. The zero-order valence-electron chi connectivity index (χ0n) is 11.6. The Morgan fingerprint density at radius 1 is 1.37 bits per heavy atom. The minimum absolute atomic E-state index is 0.0780. The summed E-state index contributed by atoms with van der Waals surface area (Å²) in [5.74, 6) is 0.903. The van der Waals surface area contributed by atoms with Crippen molar-refractivity contribution >= 4 is 5.91 Å². The minimum atomic E-state index is 0.0780. The van der Waals surface area contributed by atoms with E-state index in [0.29, 0.717) is 24.8 Å². The number of rotatable bonds is 5. The SMILES string of the molecule is Cc1cccc(CC(=O)NCC2CCCC2CO)c1. The molecule has 1 aliphatic carbocycles. The number of benzene rings is 1. The molecule has 0 aliphatic heterocycles. The third kappa shape index (κ3) is 4.06. The average molecular weight is 261 g/mol. The molecule has 0 radical (unpaired) electrons. The Morgan fingerprint density at radius 2 is 2.16 bits per heavy atom. The molecular formula is C16H23NO2. The van der Waals surface area contributed by atoms with Crippen LogP contribution in [-0.4, -0.2) is 24.2 Å². The minimum Gasteiger partial charge on any atom is -0.396 e. The smallest absolute Gasteiger partial charge is 0.224 e. The summed E-state index contributed by atoms with van der Waals surface area (Å²) in [5.41, 5.74) is 2.24. The summed E-state index contributed by atoms with van der Waals surface area (Å²) in [6.07, 6.45) is 3.83. The van der Waals surface area contributed by atoms with Crippen LogP contribution in [0.5, 0.6) is 0 Å². The number of aliphatic hydroxyl groups is 1. The van der Waals surface area contributed by atoms with Gasteiger partial charge in [-0.1, -0.05) is 36.2 Å². The first-order valence-electron chi connectivity index (χ1n) is 7.12. The lowest BCUT2D eigenvalue weighted by Crippen LogP contribution is -2.32. The first-order chi connectivity index (χ1) is 9.19. The van der Waals surface area contributed by atoms with Crippen molar-refractivity contribution in [2.24, 2.45) is 11.8 Å². The molecule has 2 unspecified atom stereocenters. The molecule has 3 heteroatoms. The van der Waals surface area contributed by atoms with Gasteiger partial charge in [0, 0.05) is 13.2 Å². The summed E-state index contributed by atoms with van der Waals surface area (Å²) >= 11 is 0. The van der Waals surface area contributed by atoms with Gasteiger partial charge in [-0.2, -0.15) is 0 Å². The molecule has 104 valence electrons. The van der Waals surface area contributed by atoms with E-state index in [1.165, 1.54) is 12.0 Å². The molecule has 3 nitrogen and oxygen atoms in total. The molecule has 1 aromatic rings. The normalized spacial score (nSPS) is 22.4. The zero-order chi connectivity index (χ0) is 13.7. The molecule has 1 amide bonds. The fourth-order valence-electron chi connectivity index (χ4n) is 2.94. The van der Waals surface area contributed by atoms with Crippen molar-refractivity contribution in [1.29, 1.82) is 0 Å². The van der Waals surface area contributed by atoms with Gasteiger partial charge in [-0.05, 0) is 37.2 Å². The first kappa shape index (κ1) is 14.1. The molecule has 2 N–H and O–H groups in total. The van der Waals surface area contributed by atoms with Crippen molar-refractivity contribution < 1.29 is 9.90 Å². The number of aliphatic hydroxyl groups excluding tert-OH is 1. The lowest BCUT2D eigenvalue weighted by atomic mass is 9.97. The van der Waals surface area contributed by atoms with Crippen LogP contribution in [0, 0.1) is 18.8 Å². The summed E-state index contributed by atoms with van der Waals surface area (Å²) in [7, 11) is 0. The Morgan fingerprint density at radius 3 is 2.89 bits per heavy atom. The van der Waals surface area contributed by atoms with Gasteiger partial charge < -0.3 is 10.4 Å². The fourth-order valence-corrected chi connectivity index (χ4v) is 2.94. The Hall–Kier alpha value is -1.35. The van der Waals surface area contributed by atoms with Crippen LogP contribution in [0.25, 0.3) is 0 Å². The number of nitrogens with one attached hydrogen (secondary N) is 1. The molecule has 0 bridgehead atoms. The van der Waals surface area contributed by atoms with Gasteiger partial charge in [-0.15, -0.1) is 0 Å². The van der Waals surface area contributed by atoms with Gasteiger partial charge in [0.1, 0.15) is 0 Å². The molecule has 2 atom stereocenters. The maximum absolute atomic E-state index is 11.9. The molecule has 1 aromatic carbocycles. The van der Waals surface area contributed by atoms with Gasteiger partial charge in [0.05, 0.1) is 6.42 Å². The Bertz CT molecular complexity index is 431. The molecule has 1 saturated carbocycles. The van der Waals surface area contributed by atoms with Gasteiger partial charge >= 0.3 is 0 Å². The van der Waals surface area contributed by atoms with E-state index in [2.05, 4.69) is 5.32 Å². The van der Waals surface area contributed by atoms with Gasteiger partial charge in [-0.25, -0.2) is 0 Å². The molecule has 19 heavy (non-hydrogen) atoms.